The number of hydrogen-bond donors (Lipinski definition) is 2. The van der Waals surface area contributed by atoms with Crippen molar-refractivity contribution in [2.75, 3.05) is 19.0 Å². The smallest absolute Gasteiger partial charge is 0.337 e. The van der Waals surface area contributed by atoms with Gasteiger partial charge in [0.25, 0.3) is 5.91 Å². The van der Waals surface area contributed by atoms with Crippen LogP contribution >= 0.6 is 0 Å². The van der Waals surface area contributed by atoms with Crippen LogP contribution in [0.4, 0.5) is 5.69 Å². The van der Waals surface area contributed by atoms with Gasteiger partial charge in [-0.1, -0.05) is 0 Å². The van der Waals surface area contributed by atoms with Gasteiger partial charge in [-0.2, -0.15) is 4.72 Å². The monoisotopic (exact) mass is 448 g/mol. The van der Waals surface area contributed by atoms with Crippen molar-refractivity contribution < 1.29 is 32.3 Å². The molecule has 2 N–H and O–H groups in total. The summed E-state index contributed by atoms with van der Waals surface area (Å²) in [5.74, 6) is -1.64. The van der Waals surface area contributed by atoms with Crippen molar-refractivity contribution in [1.29, 1.82) is 0 Å². The average Bonchev–Trinajstić information content (AvgIpc) is 2.71. The van der Waals surface area contributed by atoms with Gasteiger partial charge in [0, 0.05) is 11.3 Å². The second-order valence-electron chi connectivity index (χ2n) is 7.46. The molecule has 0 unspecified atom stereocenters. The van der Waals surface area contributed by atoms with Crippen molar-refractivity contribution in [3.8, 4) is 0 Å². The van der Waals surface area contributed by atoms with Gasteiger partial charge in [-0.05, 0) is 69.3 Å². The minimum Gasteiger partial charge on any atom is -0.465 e. The summed E-state index contributed by atoms with van der Waals surface area (Å²) in [5, 5.41) is 2.63. The Hall–Kier alpha value is -3.24. The van der Waals surface area contributed by atoms with Gasteiger partial charge in [0.1, 0.15) is 12.1 Å². The molecule has 10 heteroatoms. The number of amides is 1. The highest BCUT2D eigenvalue weighted by molar-refractivity contribution is 7.89. The summed E-state index contributed by atoms with van der Waals surface area (Å²) >= 11 is 0. The lowest BCUT2D eigenvalue weighted by molar-refractivity contribution is -0.153. The van der Waals surface area contributed by atoms with E-state index in [1.165, 1.54) is 55.6 Å². The van der Waals surface area contributed by atoms with Gasteiger partial charge in [0.2, 0.25) is 10.0 Å². The number of carbonyl (C=O) groups excluding carboxylic acids is 3. The first-order chi connectivity index (χ1) is 14.4. The zero-order valence-corrected chi connectivity index (χ0v) is 18.4. The standard InChI is InChI=1S/C21H24N2O7S/c1-21(2,3)30-18(24)13-22-31(27,28)17-11-9-16(10-12-17)23-19(25)14-5-7-15(8-6-14)20(26)29-4/h5-12,22H,13H2,1-4H3,(H,23,25). The molecule has 2 rings (SSSR count). The summed E-state index contributed by atoms with van der Waals surface area (Å²) in [7, 11) is -2.67. The maximum absolute atomic E-state index is 12.3. The number of ether oxygens (including phenoxy) is 2. The van der Waals surface area contributed by atoms with E-state index in [9.17, 15) is 22.8 Å². The third-order valence-electron chi connectivity index (χ3n) is 3.82. The van der Waals surface area contributed by atoms with Crippen LogP contribution in [-0.2, 0) is 24.3 Å². The molecule has 2 aromatic carbocycles. The highest BCUT2D eigenvalue weighted by Gasteiger charge is 2.20. The molecule has 0 aliphatic rings. The fourth-order valence-corrected chi connectivity index (χ4v) is 3.38. The molecule has 0 bridgehead atoms. The fourth-order valence-electron chi connectivity index (χ4n) is 2.41. The Balaban J connectivity index is 2.00. The van der Waals surface area contributed by atoms with Crippen LogP contribution in [0, 0.1) is 0 Å². The SMILES string of the molecule is COC(=O)c1ccc(C(=O)Nc2ccc(S(=O)(=O)NCC(=O)OC(C)(C)C)cc2)cc1. The van der Waals surface area contributed by atoms with E-state index in [1.54, 1.807) is 20.8 Å². The van der Waals surface area contributed by atoms with Crippen LogP contribution < -0.4 is 10.0 Å². The van der Waals surface area contributed by atoms with E-state index >= 15 is 0 Å². The summed E-state index contributed by atoms with van der Waals surface area (Å²) in [5.41, 5.74) is 0.270. The Morgan fingerprint density at radius 3 is 1.97 bits per heavy atom. The van der Waals surface area contributed by atoms with Crippen LogP contribution in [0.2, 0.25) is 0 Å². The van der Waals surface area contributed by atoms with Gasteiger partial charge in [0.05, 0.1) is 17.6 Å². The van der Waals surface area contributed by atoms with Crippen molar-refractivity contribution in [2.45, 2.75) is 31.3 Å². The molecule has 2 aromatic rings. The van der Waals surface area contributed by atoms with Gasteiger partial charge < -0.3 is 14.8 Å². The van der Waals surface area contributed by atoms with E-state index < -0.39 is 40.0 Å². The molecule has 0 spiro atoms. The van der Waals surface area contributed by atoms with Gasteiger partial charge in [-0.3, -0.25) is 9.59 Å². The number of nitrogens with one attached hydrogen (secondary N) is 2. The molecule has 0 saturated carbocycles. The molecule has 9 nitrogen and oxygen atoms in total. The normalized spacial score (nSPS) is 11.5. The van der Waals surface area contributed by atoms with Crippen molar-refractivity contribution in [3.05, 3.63) is 59.7 Å². The third-order valence-corrected chi connectivity index (χ3v) is 5.23. The minimum atomic E-state index is -3.93. The fraction of sp³-hybridized carbons (Fsp3) is 0.286. The Morgan fingerprint density at radius 2 is 1.45 bits per heavy atom. The zero-order chi connectivity index (χ0) is 23.2. The Kier molecular flexibility index (Phi) is 7.53. The summed E-state index contributed by atoms with van der Waals surface area (Å²) in [6.45, 7) is 4.54. The first-order valence-electron chi connectivity index (χ1n) is 9.22. The Bertz CT molecular complexity index is 1050. The maximum Gasteiger partial charge on any atom is 0.337 e. The molecule has 0 radical (unpaired) electrons. The zero-order valence-electron chi connectivity index (χ0n) is 17.6. The van der Waals surface area contributed by atoms with Gasteiger partial charge in [-0.25, -0.2) is 13.2 Å². The predicted octanol–water partition coefficient (Wildman–Crippen LogP) is 2.35. The number of rotatable bonds is 7. The molecule has 0 fully saturated rings. The lowest BCUT2D eigenvalue weighted by atomic mass is 10.1. The van der Waals surface area contributed by atoms with Crippen LogP contribution in [-0.4, -0.2) is 45.5 Å². The van der Waals surface area contributed by atoms with Gasteiger partial charge in [-0.15, -0.1) is 0 Å². The van der Waals surface area contributed by atoms with Crippen molar-refractivity contribution in [3.63, 3.8) is 0 Å². The van der Waals surface area contributed by atoms with E-state index in [0.717, 1.165) is 0 Å². The van der Waals surface area contributed by atoms with Crippen molar-refractivity contribution in [2.24, 2.45) is 0 Å². The number of carbonyl (C=O) groups is 3. The largest absolute Gasteiger partial charge is 0.465 e. The maximum atomic E-state index is 12.3. The number of methoxy groups -OCH3 is 1. The third kappa shape index (κ3) is 7.19. The number of anilines is 1. The molecule has 31 heavy (non-hydrogen) atoms. The van der Waals surface area contributed by atoms with Gasteiger partial charge >= 0.3 is 11.9 Å². The van der Waals surface area contributed by atoms with E-state index in [2.05, 4.69) is 14.8 Å². The molecule has 0 aromatic heterocycles. The van der Waals surface area contributed by atoms with Crippen molar-refractivity contribution in [1.82, 2.24) is 4.72 Å². The van der Waals surface area contributed by atoms with Gasteiger partial charge in [0.15, 0.2) is 0 Å². The summed E-state index contributed by atoms with van der Waals surface area (Å²) in [6.07, 6.45) is 0. The Morgan fingerprint density at radius 1 is 0.903 bits per heavy atom. The Labute approximate surface area is 180 Å². The number of sulfonamides is 1. The lowest BCUT2D eigenvalue weighted by Gasteiger charge is -2.19. The quantitative estimate of drug-likeness (QED) is 0.622. The molecule has 166 valence electrons. The first kappa shape index (κ1) is 24.0. The number of hydrogen-bond acceptors (Lipinski definition) is 7. The second-order valence-corrected chi connectivity index (χ2v) is 9.23. The average molecular weight is 448 g/mol. The molecule has 0 aliphatic heterocycles. The molecule has 0 atom stereocenters. The van der Waals surface area contributed by atoms with E-state index in [0.29, 0.717) is 16.8 Å². The molecule has 0 heterocycles. The summed E-state index contributed by atoms with van der Waals surface area (Å²) < 4.78 is 36.5. The van der Waals surface area contributed by atoms with Crippen LogP contribution in [0.5, 0.6) is 0 Å². The lowest BCUT2D eigenvalue weighted by Crippen LogP contribution is -2.34. The van der Waals surface area contributed by atoms with E-state index in [-0.39, 0.29) is 4.90 Å². The number of esters is 2. The highest BCUT2D eigenvalue weighted by Crippen LogP contribution is 2.16. The van der Waals surface area contributed by atoms with Crippen LogP contribution in [0.1, 0.15) is 41.5 Å². The van der Waals surface area contributed by atoms with Crippen LogP contribution in [0.3, 0.4) is 0 Å². The van der Waals surface area contributed by atoms with E-state index in [1.807, 2.05) is 0 Å². The molecular weight excluding hydrogens is 424 g/mol. The second kappa shape index (κ2) is 9.71. The summed E-state index contributed by atoms with van der Waals surface area (Å²) in [4.78, 5) is 35.4. The minimum absolute atomic E-state index is 0.0727. The molecule has 1 amide bonds. The molecule has 0 aliphatic carbocycles. The topological polar surface area (TPSA) is 128 Å². The molecular formula is C21H24N2O7S. The predicted molar refractivity (Wildman–Crippen MR) is 113 cm³/mol. The van der Waals surface area contributed by atoms with Crippen LogP contribution in [0.25, 0.3) is 0 Å². The highest BCUT2D eigenvalue weighted by atomic mass is 32.2. The van der Waals surface area contributed by atoms with E-state index in [4.69, 9.17) is 4.74 Å². The van der Waals surface area contributed by atoms with Crippen molar-refractivity contribution >= 4 is 33.6 Å². The first-order valence-corrected chi connectivity index (χ1v) is 10.7. The number of benzene rings is 2. The summed E-state index contributed by atoms with van der Waals surface area (Å²) in [6, 6.07) is 11.3. The van der Waals surface area contributed by atoms with Crippen LogP contribution in [0.15, 0.2) is 53.4 Å². The molecule has 0 saturated heterocycles.